The number of nitrogens with zero attached hydrogens (tertiary/aromatic N) is 2. The van der Waals surface area contributed by atoms with E-state index in [4.69, 9.17) is 4.74 Å². The molecule has 0 N–H and O–H groups in total. The van der Waals surface area contributed by atoms with Gasteiger partial charge in [-0.15, -0.1) is 0 Å². The molecule has 1 atom stereocenters. The maximum absolute atomic E-state index is 12.9. The summed E-state index contributed by atoms with van der Waals surface area (Å²) >= 11 is 0. The lowest BCUT2D eigenvalue weighted by molar-refractivity contribution is -0.137. The van der Waals surface area contributed by atoms with Crippen LogP contribution in [0.2, 0.25) is 0 Å². The molecule has 2 aromatic carbocycles. The monoisotopic (exact) mass is 366 g/mol. The Bertz CT molecular complexity index is 859. The van der Waals surface area contributed by atoms with Gasteiger partial charge in [-0.2, -0.15) is 0 Å². The van der Waals surface area contributed by atoms with E-state index < -0.39 is 6.04 Å². The van der Waals surface area contributed by atoms with E-state index in [2.05, 4.69) is 0 Å². The van der Waals surface area contributed by atoms with E-state index in [-0.39, 0.29) is 30.7 Å². The summed E-state index contributed by atoms with van der Waals surface area (Å²) in [6, 6.07) is 13.7. The highest BCUT2D eigenvalue weighted by Crippen LogP contribution is 2.28. The van der Waals surface area contributed by atoms with Gasteiger partial charge in [0.15, 0.2) is 0 Å². The number of rotatable bonds is 5. The smallest absolute Gasteiger partial charge is 0.257 e. The number of anilines is 1. The second-order valence-corrected chi connectivity index (χ2v) is 6.62. The number of hydrogen-bond acceptors (Lipinski definition) is 4. The average molecular weight is 366 g/mol. The SMILES string of the molecule is COc1ccc(N2C(=O)CC(N(Cc3ccc(C)cc3)C(C)=O)C2=O)cc1. The second-order valence-electron chi connectivity index (χ2n) is 6.62. The predicted molar refractivity (Wildman–Crippen MR) is 101 cm³/mol. The first-order valence-electron chi connectivity index (χ1n) is 8.74. The third-order valence-corrected chi connectivity index (χ3v) is 4.71. The van der Waals surface area contributed by atoms with Crippen LogP contribution in [0.3, 0.4) is 0 Å². The van der Waals surface area contributed by atoms with E-state index in [1.165, 1.54) is 11.8 Å². The standard InChI is InChI=1S/C21H22N2O4/c1-14-4-6-16(7-5-14)13-22(15(2)24)19-12-20(25)23(21(19)26)17-8-10-18(27-3)11-9-17/h4-11,19H,12-13H2,1-3H3. The third-order valence-electron chi connectivity index (χ3n) is 4.71. The molecule has 0 aromatic heterocycles. The minimum absolute atomic E-state index is 0.0176. The van der Waals surface area contributed by atoms with Gasteiger partial charge in [-0.3, -0.25) is 14.4 Å². The highest BCUT2D eigenvalue weighted by Gasteiger charge is 2.43. The second kappa shape index (κ2) is 7.61. The van der Waals surface area contributed by atoms with Gasteiger partial charge in [0, 0.05) is 13.5 Å². The summed E-state index contributed by atoms with van der Waals surface area (Å²) in [5.74, 6) is -0.296. The van der Waals surface area contributed by atoms with Crippen molar-refractivity contribution in [1.82, 2.24) is 4.90 Å². The minimum Gasteiger partial charge on any atom is -0.497 e. The van der Waals surface area contributed by atoms with Crippen LogP contribution in [0.5, 0.6) is 5.75 Å². The molecule has 1 aliphatic heterocycles. The van der Waals surface area contributed by atoms with Crippen molar-refractivity contribution < 1.29 is 19.1 Å². The van der Waals surface area contributed by atoms with E-state index in [9.17, 15) is 14.4 Å². The Labute approximate surface area is 158 Å². The lowest BCUT2D eigenvalue weighted by Crippen LogP contribution is -2.44. The molecular formula is C21H22N2O4. The van der Waals surface area contributed by atoms with E-state index in [0.29, 0.717) is 11.4 Å². The van der Waals surface area contributed by atoms with E-state index in [0.717, 1.165) is 16.0 Å². The zero-order valence-corrected chi connectivity index (χ0v) is 15.6. The van der Waals surface area contributed by atoms with Crippen LogP contribution in [0.4, 0.5) is 5.69 Å². The summed E-state index contributed by atoms with van der Waals surface area (Å²) in [6.07, 6.45) is -0.0176. The van der Waals surface area contributed by atoms with Crippen molar-refractivity contribution in [3.63, 3.8) is 0 Å². The number of amides is 3. The number of aryl methyl sites for hydroxylation is 1. The van der Waals surface area contributed by atoms with E-state index in [1.807, 2.05) is 31.2 Å². The molecule has 0 spiro atoms. The lowest BCUT2D eigenvalue weighted by Gasteiger charge is -2.26. The molecule has 27 heavy (non-hydrogen) atoms. The van der Waals surface area contributed by atoms with Gasteiger partial charge in [-0.05, 0) is 36.8 Å². The van der Waals surface area contributed by atoms with Gasteiger partial charge >= 0.3 is 0 Å². The minimum atomic E-state index is -0.793. The Kier molecular flexibility index (Phi) is 5.26. The molecule has 3 amide bonds. The van der Waals surface area contributed by atoms with Crippen molar-refractivity contribution in [3.8, 4) is 5.75 Å². The fourth-order valence-corrected chi connectivity index (χ4v) is 3.19. The molecule has 2 aromatic rings. The number of imide groups is 1. The molecule has 140 valence electrons. The van der Waals surface area contributed by atoms with Gasteiger partial charge in [0.05, 0.1) is 19.2 Å². The Balaban J connectivity index is 1.83. The maximum Gasteiger partial charge on any atom is 0.257 e. The summed E-state index contributed by atoms with van der Waals surface area (Å²) in [7, 11) is 1.55. The number of carbonyl (C=O) groups is 3. The van der Waals surface area contributed by atoms with Gasteiger partial charge < -0.3 is 9.64 Å². The summed E-state index contributed by atoms with van der Waals surface area (Å²) in [6.45, 7) is 3.69. The molecule has 1 saturated heterocycles. The van der Waals surface area contributed by atoms with Crippen LogP contribution in [0.15, 0.2) is 48.5 Å². The van der Waals surface area contributed by atoms with Gasteiger partial charge in [-0.25, -0.2) is 4.90 Å². The van der Waals surface area contributed by atoms with Gasteiger partial charge in [0.25, 0.3) is 5.91 Å². The molecule has 6 nitrogen and oxygen atoms in total. The van der Waals surface area contributed by atoms with Crippen molar-refractivity contribution in [3.05, 3.63) is 59.7 Å². The maximum atomic E-state index is 12.9. The van der Waals surface area contributed by atoms with Crippen LogP contribution in [-0.2, 0) is 20.9 Å². The molecule has 1 unspecified atom stereocenters. The van der Waals surface area contributed by atoms with Gasteiger partial charge in [0.2, 0.25) is 11.8 Å². The summed E-state index contributed by atoms with van der Waals surface area (Å²) in [5.41, 5.74) is 2.51. The third kappa shape index (κ3) is 3.84. The largest absolute Gasteiger partial charge is 0.497 e. The van der Waals surface area contributed by atoms with Crippen LogP contribution in [0, 0.1) is 6.92 Å². The summed E-state index contributed by atoms with van der Waals surface area (Å²) < 4.78 is 5.11. The Morgan fingerprint density at radius 1 is 1.11 bits per heavy atom. The molecule has 1 heterocycles. The number of benzene rings is 2. The van der Waals surface area contributed by atoms with Gasteiger partial charge in [-0.1, -0.05) is 29.8 Å². The van der Waals surface area contributed by atoms with Crippen LogP contribution < -0.4 is 9.64 Å². The van der Waals surface area contributed by atoms with Crippen molar-refractivity contribution in [2.45, 2.75) is 32.9 Å². The van der Waals surface area contributed by atoms with Crippen LogP contribution in [0.25, 0.3) is 0 Å². The average Bonchev–Trinajstić information content (AvgIpc) is 2.95. The zero-order valence-electron chi connectivity index (χ0n) is 15.6. The first kappa shape index (κ1) is 18.6. The summed E-state index contributed by atoms with van der Waals surface area (Å²) in [4.78, 5) is 40.3. The van der Waals surface area contributed by atoms with Crippen molar-refractivity contribution in [2.24, 2.45) is 0 Å². The Morgan fingerprint density at radius 3 is 2.30 bits per heavy atom. The molecule has 1 aliphatic rings. The number of carbonyl (C=O) groups excluding carboxylic acids is 3. The fourth-order valence-electron chi connectivity index (χ4n) is 3.19. The number of ether oxygens (including phenoxy) is 1. The summed E-state index contributed by atoms with van der Waals surface area (Å²) in [5, 5.41) is 0. The highest BCUT2D eigenvalue weighted by atomic mass is 16.5. The zero-order chi connectivity index (χ0) is 19.6. The Hall–Kier alpha value is -3.15. The molecular weight excluding hydrogens is 344 g/mol. The highest BCUT2D eigenvalue weighted by molar-refractivity contribution is 6.23. The van der Waals surface area contributed by atoms with Crippen molar-refractivity contribution in [2.75, 3.05) is 12.0 Å². The Morgan fingerprint density at radius 2 is 1.74 bits per heavy atom. The topological polar surface area (TPSA) is 66.9 Å². The van der Waals surface area contributed by atoms with Crippen molar-refractivity contribution >= 4 is 23.4 Å². The van der Waals surface area contributed by atoms with Crippen LogP contribution >= 0.6 is 0 Å². The molecule has 1 fully saturated rings. The molecule has 0 radical (unpaired) electrons. The van der Waals surface area contributed by atoms with Crippen LogP contribution in [-0.4, -0.2) is 35.8 Å². The van der Waals surface area contributed by atoms with E-state index >= 15 is 0 Å². The van der Waals surface area contributed by atoms with Crippen LogP contribution in [0.1, 0.15) is 24.5 Å². The first-order valence-corrected chi connectivity index (χ1v) is 8.74. The normalized spacial score (nSPS) is 16.6. The molecule has 6 heteroatoms. The molecule has 0 aliphatic carbocycles. The van der Waals surface area contributed by atoms with E-state index in [1.54, 1.807) is 31.4 Å². The molecule has 0 saturated carbocycles. The number of hydrogen-bond donors (Lipinski definition) is 0. The fraction of sp³-hybridized carbons (Fsp3) is 0.286. The molecule has 3 rings (SSSR count). The van der Waals surface area contributed by atoms with Crippen molar-refractivity contribution in [1.29, 1.82) is 0 Å². The lowest BCUT2D eigenvalue weighted by atomic mass is 10.1. The predicted octanol–water partition coefficient (Wildman–Crippen LogP) is 2.68. The number of methoxy groups -OCH3 is 1. The quantitative estimate of drug-likeness (QED) is 0.763. The first-order chi connectivity index (χ1) is 12.9. The molecule has 0 bridgehead atoms. The van der Waals surface area contributed by atoms with Gasteiger partial charge in [0.1, 0.15) is 11.8 Å².